The van der Waals surface area contributed by atoms with Gasteiger partial charge in [0.1, 0.15) is 11.8 Å². The fourth-order valence-corrected chi connectivity index (χ4v) is 1.41. The van der Waals surface area contributed by atoms with E-state index in [-0.39, 0.29) is 11.3 Å². The van der Waals surface area contributed by atoms with Gasteiger partial charge in [-0.15, -0.1) is 0 Å². The van der Waals surface area contributed by atoms with E-state index < -0.39 is 0 Å². The summed E-state index contributed by atoms with van der Waals surface area (Å²) in [6.07, 6.45) is 3.46. The molecule has 0 amide bonds. The average Bonchev–Trinajstić information content (AvgIpc) is 2.34. The number of rotatable bonds is 0. The smallest absolute Gasteiger partial charge is 0.220 e. The van der Waals surface area contributed by atoms with Crippen molar-refractivity contribution < 1.29 is 0 Å². The van der Waals surface area contributed by atoms with Crippen LogP contribution in [0.5, 0.6) is 0 Å². The van der Waals surface area contributed by atoms with Crippen LogP contribution in [0.25, 0.3) is 0 Å². The molecule has 2 aliphatic rings. The first-order valence-electron chi connectivity index (χ1n) is 2.99. The van der Waals surface area contributed by atoms with Crippen LogP contribution in [0.1, 0.15) is 0 Å². The molecule has 0 fully saturated rings. The molecule has 0 bridgehead atoms. The minimum Gasteiger partial charge on any atom is -0.256 e. The van der Waals surface area contributed by atoms with E-state index in [4.69, 9.17) is 23.2 Å². The molecule has 0 spiro atoms. The number of nitrogens with zero attached hydrogens (tertiary/aromatic N) is 3. The Morgan fingerprint density at radius 3 is 3.00 bits per heavy atom. The Morgan fingerprint density at radius 2 is 2.18 bits per heavy atom. The summed E-state index contributed by atoms with van der Waals surface area (Å²) in [4.78, 5) is 11.7. The Morgan fingerprint density at radius 1 is 1.36 bits per heavy atom. The quantitative estimate of drug-likeness (QED) is 0.517. The second kappa shape index (κ2) is 2.43. The van der Waals surface area contributed by atoms with Crippen molar-refractivity contribution in [2.45, 2.75) is 6.04 Å². The standard InChI is InChI=1S/C6H3Cl2N3/c7-5-4-3(1-2-9-4)10-6(8)11-5/h1-3H/t3-/m1/s1. The van der Waals surface area contributed by atoms with Crippen molar-refractivity contribution in [1.82, 2.24) is 0 Å². The van der Waals surface area contributed by atoms with Gasteiger partial charge in [0.15, 0.2) is 5.17 Å². The van der Waals surface area contributed by atoms with Crippen LogP contribution in [-0.2, 0) is 0 Å². The van der Waals surface area contributed by atoms with Crippen LogP contribution < -0.4 is 0 Å². The molecule has 11 heavy (non-hydrogen) atoms. The Kier molecular flexibility index (Phi) is 1.55. The minimum atomic E-state index is -0.118. The number of aliphatic imine (C=N–C) groups is 3. The zero-order valence-corrected chi connectivity index (χ0v) is 6.84. The molecule has 0 aromatic heterocycles. The number of fused-ring (bicyclic) bond motifs is 1. The van der Waals surface area contributed by atoms with E-state index in [1.807, 2.05) is 6.08 Å². The van der Waals surface area contributed by atoms with Crippen molar-refractivity contribution in [3.05, 3.63) is 12.3 Å². The minimum absolute atomic E-state index is 0.118. The molecule has 2 aliphatic heterocycles. The van der Waals surface area contributed by atoms with E-state index >= 15 is 0 Å². The van der Waals surface area contributed by atoms with E-state index in [9.17, 15) is 0 Å². The van der Waals surface area contributed by atoms with Crippen LogP contribution in [0.4, 0.5) is 0 Å². The molecule has 0 unspecified atom stereocenters. The van der Waals surface area contributed by atoms with Crippen LogP contribution >= 0.6 is 23.2 Å². The largest absolute Gasteiger partial charge is 0.256 e. The van der Waals surface area contributed by atoms with Crippen molar-refractivity contribution in [2.75, 3.05) is 0 Å². The second-order valence-electron chi connectivity index (χ2n) is 2.10. The molecule has 1 atom stereocenters. The fourth-order valence-electron chi connectivity index (χ4n) is 0.934. The molecule has 0 aromatic carbocycles. The topological polar surface area (TPSA) is 37.1 Å². The number of hydrogen-bond donors (Lipinski definition) is 0. The first-order chi connectivity index (χ1) is 5.27. The Balaban J connectivity index is 2.45. The Bertz CT molecular complexity index is 314. The summed E-state index contributed by atoms with van der Waals surface area (Å²) in [5.41, 5.74) is 0.677. The first-order valence-corrected chi connectivity index (χ1v) is 3.75. The highest BCUT2D eigenvalue weighted by Crippen LogP contribution is 2.15. The van der Waals surface area contributed by atoms with Gasteiger partial charge in [-0.05, 0) is 17.7 Å². The van der Waals surface area contributed by atoms with Gasteiger partial charge in [-0.3, -0.25) is 4.99 Å². The van der Waals surface area contributed by atoms with Gasteiger partial charge in [0.05, 0.1) is 0 Å². The lowest BCUT2D eigenvalue weighted by Gasteiger charge is -2.09. The molecule has 0 radical (unpaired) electrons. The first kappa shape index (κ1) is 7.00. The van der Waals surface area contributed by atoms with Gasteiger partial charge in [0.2, 0.25) is 5.29 Å². The van der Waals surface area contributed by atoms with Crippen LogP contribution in [0.15, 0.2) is 27.3 Å². The molecule has 0 N–H and O–H groups in total. The second-order valence-corrected chi connectivity index (χ2v) is 2.80. The normalized spacial score (nSPS) is 27.5. The molecule has 0 aromatic rings. The van der Waals surface area contributed by atoms with Crippen molar-refractivity contribution in [3.8, 4) is 0 Å². The van der Waals surface area contributed by atoms with Crippen molar-refractivity contribution >= 4 is 39.4 Å². The summed E-state index contributed by atoms with van der Waals surface area (Å²) in [6.45, 7) is 0. The molecule has 0 saturated carbocycles. The summed E-state index contributed by atoms with van der Waals surface area (Å²) in [6, 6.07) is -0.118. The zero-order chi connectivity index (χ0) is 7.84. The number of amidine groups is 1. The maximum Gasteiger partial charge on any atom is 0.220 e. The predicted octanol–water partition coefficient (Wildman–Crippen LogP) is 1.57. The highest BCUT2D eigenvalue weighted by Gasteiger charge is 2.24. The molecular formula is C6H3Cl2N3. The van der Waals surface area contributed by atoms with E-state index in [0.717, 1.165) is 0 Å². The lowest BCUT2D eigenvalue weighted by molar-refractivity contribution is 1.10. The Labute approximate surface area is 73.2 Å². The third-order valence-electron chi connectivity index (χ3n) is 1.41. The molecule has 2 rings (SSSR count). The molecular weight excluding hydrogens is 185 g/mol. The van der Waals surface area contributed by atoms with E-state index in [0.29, 0.717) is 10.9 Å². The van der Waals surface area contributed by atoms with Crippen molar-refractivity contribution in [1.29, 1.82) is 0 Å². The van der Waals surface area contributed by atoms with Crippen molar-refractivity contribution in [2.24, 2.45) is 15.0 Å². The number of hydrogen-bond acceptors (Lipinski definition) is 3. The summed E-state index contributed by atoms with van der Waals surface area (Å²) in [5.74, 6) is 0. The van der Waals surface area contributed by atoms with Gasteiger partial charge in [0, 0.05) is 6.20 Å². The SMILES string of the molecule is ClC1=N[C@@H]2C=CN=C2C(Cl)=N1. The molecule has 5 heteroatoms. The third-order valence-corrected chi connectivity index (χ3v) is 1.87. The van der Waals surface area contributed by atoms with Crippen LogP contribution in [0.2, 0.25) is 0 Å². The fraction of sp³-hybridized carbons (Fsp3) is 0.167. The molecule has 3 nitrogen and oxygen atoms in total. The average molecular weight is 188 g/mol. The van der Waals surface area contributed by atoms with Gasteiger partial charge in [-0.1, -0.05) is 11.6 Å². The molecule has 0 aliphatic carbocycles. The van der Waals surface area contributed by atoms with Crippen molar-refractivity contribution in [3.63, 3.8) is 0 Å². The van der Waals surface area contributed by atoms with E-state index in [2.05, 4.69) is 15.0 Å². The number of halogens is 2. The summed E-state index contributed by atoms with van der Waals surface area (Å²) in [7, 11) is 0. The zero-order valence-electron chi connectivity index (χ0n) is 5.33. The maximum absolute atomic E-state index is 5.73. The summed E-state index contributed by atoms with van der Waals surface area (Å²) >= 11 is 11.3. The van der Waals surface area contributed by atoms with E-state index in [1.165, 1.54) is 0 Å². The third kappa shape index (κ3) is 1.10. The highest BCUT2D eigenvalue weighted by molar-refractivity contribution is 6.87. The van der Waals surface area contributed by atoms with Gasteiger partial charge in [0.25, 0.3) is 0 Å². The van der Waals surface area contributed by atoms with Crippen LogP contribution in [-0.4, -0.2) is 22.2 Å². The lowest BCUT2D eigenvalue weighted by atomic mass is 10.2. The summed E-state index contributed by atoms with van der Waals surface area (Å²) in [5, 5.41) is 0.519. The molecule has 0 saturated heterocycles. The van der Waals surface area contributed by atoms with Crippen LogP contribution in [0.3, 0.4) is 0 Å². The summed E-state index contributed by atoms with van der Waals surface area (Å²) < 4.78 is 0. The van der Waals surface area contributed by atoms with Gasteiger partial charge < -0.3 is 0 Å². The van der Waals surface area contributed by atoms with Gasteiger partial charge in [-0.2, -0.15) is 0 Å². The lowest BCUT2D eigenvalue weighted by Crippen LogP contribution is -2.24. The maximum atomic E-state index is 5.73. The predicted molar refractivity (Wildman–Crippen MR) is 46.9 cm³/mol. The van der Waals surface area contributed by atoms with Gasteiger partial charge in [-0.25, -0.2) is 9.98 Å². The monoisotopic (exact) mass is 187 g/mol. The van der Waals surface area contributed by atoms with E-state index in [1.54, 1.807) is 6.20 Å². The van der Waals surface area contributed by atoms with Gasteiger partial charge >= 0.3 is 0 Å². The molecule has 56 valence electrons. The highest BCUT2D eigenvalue weighted by atomic mass is 35.5. The van der Waals surface area contributed by atoms with Crippen LogP contribution in [0, 0.1) is 0 Å². The molecule has 2 heterocycles. The Hall–Kier alpha value is -0.670.